The van der Waals surface area contributed by atoms with Crippen LogP contribution in [0.25, 0.3) is 0 Å². The second-order valence-corrected chi connectivity index (χ2v) is 18.5. The summed E-state index contributed by atoms with van der Waals surface area (Å²) in [4.78, 5) is 73.8. The average molecular weight is 867 g/mol. The molecular formula is C49H70N8O6. The summed E-state index contributed by atoms with van der Waals surface area (Å²) in [6.45, 7) is 4.36. The van der Waals surface area contributed by atoms with Gasteiger partial charge in [-0.05, 0) is 147 Å². The Morgan fingerprint density at radius 2 is 1.14 bits per heavy atom. The number of nitrogens with one attached hydrogen (secondary N) is 6. The lowest BCUT2D eigenvalue weighted by Gasteiger charge is -2.36. The van der Waals surface area contributed by atoms with Gasteiger partial charge in [-0.15, -0.1) is 0 Å². The van der Waals surface area contributed by atoms with Crippen molar-refractivity contribution in [2.75, 3.05) is 27.2 Å². The fourth-order valence-electron chi connectivity index (χ4n) is 10.6. The Morgan fingerprint density at radius 3 is 1.73 bits per heavy atom. The molecule has 14 nitrogen and oxygen atoms in total. The highest BCUT2D eigenvalue weighted by Crippen LogP contribution is 2.36. The van der Waals surface area contributed by atoms with Gasteiger partial charge in [-0.1, -0.05) is 59.7 Å². The monoisotopic (exact) mass is 867 g/mol. The van der Waals surface area contributed by atoms with Crippen molar-refractivity contribution in [1.82, 2.24) is 41.7 Å². The molecule has 5 amide bonds. The Labute approximate surface area is 373 Å². The molecule has 7 N–H and O–H groups in total. The molecule has 2 aliphatic heterocycles. The summed E-state index contributed by atoms with van der Waals surface area (Å²) in [6, 6.07) is 12.4. The molecule has 5 aliphatic rings. The minimum atomic E-state index is -0.952. The normalized spacial score (nSPS) is 24.5. The van der Waals surface area contributed by atoms with E-state index in [1.54, 1.807) is 37.7 Å². The zero-order valence-corrected chi connectivity index (χ0v) is 37.7. The first-order valence-corrected chi connectivity index (χ1v) is 23.6. The smallest absolute Gasteiger partial charge is 0.246 e. The van der Waals surface area contributed by atoms with Crippen LogP contribution in [0.15, 0.2) is 59.7 Å². The van der Waals surface area contributed by atoms with Gasteiger partial charge in [0, 0.05) is 19.1 Å². The van der Waals surface area contributed by atoms with E-state index in [1.807, 2.05) is 24.3 Å². The third kappa shape index (κ3) is 10.8. The summed E-state index contributed by atoms with van der Waals surface area (Å²) in [5.74, 6) is -1.33. The highest BCUT2D eigenvalue weighted by Gasteiger charge is 2.42. The molecule has 2 fully saturated rings. The van der Waals surface area contributed by atoms with Crippen LogP contribution < -0.4 is 31.9 Å². The van der Waals surface area contributed by atoms with Crippen molar-refractivity contribution in [3.8, 4) is 0 Å². The van der Waals surface area contributed by atoms with Crippen molar-refractivity contribution in [3.05, 3.63) is 81.9 Å². The molecule has 63 heavy (non-hydrogen) atoms. The van der Waals surface area contributed by atoms with Gasteiger partial charge in [0.15, 0.2) is 0 Å². The number of aliphatic hydroxyl groups is 1. The number of hydrogen-bond acceptors (Lipinski definition) is 9. The molecule has 0 bridgehead atoms. The Kier molecular flexibility index (Phi) is 15.7. The van der Waals surface area contributed by atoms with Gasteiger partial charge < -0.3 is 41.5 Å². The largest absolute Gasteiger partial charge is 0.376 e. The van der Waals surface area contributed by atoms with Gasteiger partial charge in [-0.3, -0.25) is 29.3 Å². The number of carbonyl (C=O) groups excluding carboxylic acids is 5. The zero-order chi connectivity index (χ0) is 44.6. The molecule has 1 unspecified atom stereocenters. The van der Waals surface area contributed by atoms with E-state index in [9.17, 15) is 29.1 Å². The minimum absolute atomic E-state index is 0.0208. The maximum absolute atomic E-state index is 14.7. The Bertz CT molecular complexity index is 2010. The molecule has 0 spiro atoms. The van der Waals surface area contributed by atoms with Crippen molar-refractivity contribution >= 4 is 29.5 Å². The maximum atomic E-state index is 14.7. The van der Waals surface area contributed by atoms with Gasteiger partial charge >= 0.3 is 0 Å². The first kappa shape index (κ1) is 46.4. The van der Waals surface area contributed by atoms with Gasteiger partial charge in [-0.2, -0.15) is 0 Å². The van der Waals surface area contributed by atoms with Crippen LogP contribution in [0.1, 0.15) is 132 Å². The first-order valence-electron chi connectivity index (χ1n) is 23.6. The van der Waals surface area contributed by atoms with E-state index < -0.39 is 42.5 Å². The number of rotatable bonds is 17. The van der Waals surface area contributed by atoms with E-state index in [0.29, 0.717) is 45.2 Å². The number of carbonyl (C=O) groups is 5. The second kappa shape index (κ2) is 21.4. The Hall–Kier alpha value is -4.63. The van der Waals surface area contributed by atoms with Crippen molar-refractivity contribution in [2.24, 2.45) is 0 Å². The summed E-state index contributed by atoms with van der Waals surface area (Å²) < 4.78 is 0. The molecule has 2 saturated heterocycles. The molecular weight excluding hydrogens is 797 g/mol. The lowest BCUT2D eigenvalue weighted by molar-refractivity contribution is -0.141. The Morgan fingerprint density at radius 1 is 0.635 bits per heavy atom. The predicted molar refractivity (Wildman–Crippen MR) is 242 cm³/mol. The lowest BCUT2D eigenvalue weighted by Crippen LogP contribution is -2.57. The van der Waals surface area contributed by atoms with Crippen LogP contribution in [-0.4, -0.2) is 114 Å². The van der Waals surface area contributed by atoms with E-state index in [1.165, 1.54) is 16.7 Å². The molecule has 0 saturated carbocycles. The predicted octanol–water partition coefficient (Wildman–Crippen LogP) is 3.59. The molecule has 0 aromatic heterocycles. The van der Waals surface area contributed by atoms with Crippen molar-refractivity contribution in [3.63, 3.8) is 0 Å². The number of aryl methyl sites for hydroxylation is 2. The standard InChI is InChI=1S/C49H70N8O6/c1-30(50-3)44(58)54-40(48(62)56-26-12-24-42(56)46(60)52-38-22-10-16-32-14-5-7-20-36(32)38)28-34-18-9-19-35(34)29-41(55-45(59)31(2)51-4)49(63)57-27-13-25-43(57)47(61)53-39-23-11-17-33-15-6-8-21-37(33)39/h5-8,14-15,20-21,30-31,38-43,46,50-52,60H,9-13,16-19,22-29H2,1-4H3,(H,53,61)(H,54,58)(H,55,59)/t30-,31-,38+,39+,40-,41-,42-,43-,46?/m0/s1. The van der Waals surface area contributed by atoms with Gasteiger partial charge in [0.2, 0.25) is 29.5 Å². The fourth-order valence-corrected chi connectivity index (χ4v) is 10.6. The summed E-state index contributed by atoms with van der Waals surface area (Å²) >= 11 is 0. The van der Waals surface area contributed by atoms with Crippen LogP contribution in [0.3, 0.4) is 0 Å². The van der Waals surface area contributed by atoms with Crippen LogP contribution in [0.2, 0.25) is 0 Å². The number of benzene rings is 2. The van der Waals surface area contributed by atoms with E-state index in [0.717, 1.165) is 68.1 Å². The van der Waals surface area contributed by atoms with Crippen LogP contribution in [-0.2, 0) is 36.8 Å². The summed E-state index contributed by atoms with van der Waals surface area (Å²) in [6.07, 6.45) is 9.99. The minimum Gasteiger partial charge on any atom is -0.376 e. The number of nitrogens with zero attached hydrogens (tertiary/aromatic N) is 2. The molecule has 342 valence electrons. The van der Waals surface area contributed by atoms with Crippen LogP contribution >= 0.6 is 0 Å². The molecule has 2 aromatic rings. The molecule has 3 aliphatic carbocycles. The number of fused-ring (bicyclic) bond motifs is 2. The van der Waals surface area contributed by atoms with Gasteiger partial charge in [-0.25, -0.2) is 0 Å². The van der Waals surface area contributed by atoms with Crippen molar-refractivity contribution in [1.29, 1.82) is 0 Å². The van der Waals surface area contributed by atoms with Crippen LogP contribution in [0.4, 0.5) is 0 Å². The summed E-state index contributed by atoms with van der Waals surface area (Å²) in [7, 11) is 3.39. The second-order valence-electron chi connectivity index (χ2n) is 18.5. The average Bonchev–Trinajstić information content (AvgIpc) is 4.10. The van der Waals surface area contributed by atoms with E-state index in [-0.39, 0.29) is 54.5 Å². The highest BCUT2D eigenvalue weighted by atomic mass is 16.3. The third-order valence-electron chi connectivity index (χ3n) is 14.5. The topological polar surface area (TPSA) is 184 Å². The van der Waals surface area contributed by atoms with Crippen molar-refractivity contribution < 1.29 is 29.1 Å². The number of likely N-dealkylation sites (tertiary alicyclic amines) is 2. The number of amides is 5. The molecule has 7 rings (SSSR count). The number of hydrogen-bond donors (Lipinski definition) is 7. The summed E-state index contributed by atoms with van der Waals surface area (Å²) in [5.41, 5.74) is 6.81. The zero-order valence-electron chi connectivity index (χ0n) is 37.7. The molecule has 14 heteroatoms. The molecule has 2 heterocycles. The Balaban J connectivity index is 1.09. The van der Waals surface area contributed by atoms with Gasteiger partial charge in [0.05, 0.1) is 24.2 Å². The molecule has 0 radical (unpaired) electrons. The summed E-state index contributed by atoms with van der Waals surface area (Å²) in [5, 5.41) is 30.5. The van der Waals surface area contributed by atoms with Crippen molar-refractivity contribution in [2.45, 2.75) is 165 Å². The number of aliphatic hydroxyl groups excluding tert-OH is 1. The van der Waals surface area contributed by atoms with Gasteiger partial charge in [0.1, 0.15) is 24.4 Å². The fraction of sp³-hybridized carbons (Fsp3) is 0.612. The molecule has 9 atom stereocenters. The quantitative estimate of drug-likeness (QED) is 0.0923. The van der Waals surface area contributed by atoms with E-state index in [2.05, 4.69) is 56.2 Å². The molecule has 2 aromatic carbocycles. The van der Waals surface area contributed by atoms with E-state index in [4.69, 9.17) is 0 Å². The maximum Gasteiger partial charge on any atom is 0.246 e. The SMILES string of the molecule is CN[C@@H](C)C(=O)N[C@@H](CC1=C(C[C@H](NC(=O)[C@H](C)NC)C(=O)N2CCC[C@H]2C(O)N[C@@H]2CCCc3ccccc32)CCC1)C(=O)N1CCC[C@H]1C(=O)N[C@@H]1CCCc2ccccc21. The van der Waals surface area contributed by atoms with Gasteiger partial charge in [0.25, 0.3) is 0 Å². The lowest BCUT2D eigenvalue weighted by atomic mass is 9.87. The van der Waals surface area contributed by atoms with Crippen LogP contribution in [0, 0.1) is 0 Å². The highest BCUT2D eigenvalue weighted by molar-refractivity contribution is 5.94. The van der Waals surface area contributed by atoms with Crippen LogP contribution in [0.5, 0.6) is 0 Å². The third-order valence-corrected chi connectivity index (χ3v) is 14.5. The number of likely N-dealkylation sites (N-methyl/N-ethyl adjacent to an activating group) is 2. The van der Waals surface area contributed by atoms with E-state index >= 15 is 0 Å². The first-order chi connectivity index (χ1) is 30.5.